The number of hydrogen-bond acceptors (Lipinski definition) is 6. The Bertz CT molecular complexity index is 1060. The Hall–Kier alpha value is -3.30. The van der Waals surface area contributed by atoms with Gasteiger partial charge in [-0.2, -0.15) is 0 Å². The van der Waals surface area contributed by atoms with Gasteiger partial charge in [-0.1, -0.05) is 23.7 Å². The minimum absolute atomic E-state index is 0.125. The molecule has 4 rings (SSSR count). The summed E-state index contributed by atoms with van der Waals surface area (Å²) < 4.78 is 5.27. The number of carbonyl (C=O) groups excluding carboxylic acids is 3. The van der Waals surface area contributed by atoms with Gasteiger partial charge in [0, 0.05) is 50.0 Å². The van der Waals surface area contributed by atoms with Gasteiger partial charge in [-0.3, -0.25) is 19.3 Å². The van der Waals surface area contributed by atoms with E-state index in [1.807, 2.05) is 24.3 Å². The molecule has 9 nitrogen and oxygen atoms in total. The maximum atomic E-state index is 13.2. The van der Waals surface area contributed by atoms with Crippen molar-refractivity contribution >= 4 is 40.7 Å². The van der Waals surface area contributed by atoms with E-state index in [-0.39, 0.29) is 30.7 Å². The zero-order valence-electron chi connectivity index (χ0n) is 19.7. The van der Waals surface area contributed by atoms with Crippen LogP contribution in [0.2, 0.25) is 5.02 Å². The van der Waals surface area contributed by atoms with Crippen molar-refractivity contribution in [1.29, 1.82) is 0 Å². The highest BCUT2D eigenvalue weighted by Gasteiger charge is 2.35. The van der Waals surface area contributed by atoms with E-state index in [4.69, 9.17) is 16.3 Å². The minimum atomic E-state index is -0.846. The summed E-state index contributed by atoms with van der Waals surface area (Å²) in [6.45, 7) is 4.01. The lowest BCUT2D eigenvalue weighted by Crippen LogP contribution is -2.60. The third-order valence-corrected chi connectivity index (χ3v) is 6.59. The molecule has 0 spiro atoms. The highest BCUT2D eigenvalue weighted by molar-refractivity contribution is 6.30. The smallest absolute Gasteiger partial charge is 0.243 e. The Labute approximate surface area is 210 Å². The standard InChI is InChI=1S/C25H30ClN5O4/c1-35-22-5-3-2-4-20(22)28-23(32)16-21-25(34)27-10-11-31(21)24(33)17-29-12-14-30(15-13-29)19-8-6-18(26)7-9-19/h2-9,21H,10-17H2,1H3,(H,27,34)(H,28,32). The van der Waals surface area contributed by atoms with Gasteiger partial charge in [0.15, 0.2) is 0 Å². The molecular weight excluding hydrogens is 470 g/mol. The molecule has 0 radical (unpaired) electrons. The van der Waals surface area contributed by atoms with Crippen molar-refractivity contribution < 1.29 is 19.1 Å². The van der Waals surface area contributed by atoms with Crippen molar-refractivity contribution in [3.8, 4) is 5.75 Å². The Morgan fingerprint density at radius 2 is 1.77 bits per heavy atom. The van der Waals surface area contributed by atoms with Gasteiger partial charge in [0.25, 0.3) is 0 Å². The second-order valence-electron chi connectivity index (χ2n) is 8.59. The number of hydrogen-bond donors (Lipinski definition) is 2. The number of benzene rings is 2. The summed E-state index contributed by atoms with van der Waals surface area (Å²) in [4.78, 5) is 44.4. The number of nitrogens with one attached hydrogen (secondary N) is 2. The Kier molecular flexibility index (Phi) is 8.09. The Balaban J connectivity index is 1.33. The van der Waals surface area contributed by atoms with Gasteiger partial charge in [0.1, 0.15) is 11.8 Å². The monoisotopic (exact) mass is 499 g/mol. The highest BCUT2D eigenvalue weighted by Crippen LogP contribution is 2.24. The van der Waals surface area contributed by atoms with Gasteiger partial charge < -0.3 is 25.2 Å². The van der Waals surface area contributed by atoms with Gasteiger partial charge in [-0.25, -0.2) is 0 Å². The van der Waals surface area contributed by atoms with Crippen LogP contribution in [-0.2, 0) is 14.4 Å². The van der Waals surface area contributed by atoms with Crippen LogP contribution in [0.15, 0.2) is 48.5 Å². The van der Waals surface area contributed by atoms with Gasteiger partial charge in [-0.15, -0.1) is 0 Å². The predicted molar refractivity (Wildman–Crippen MR) is 135 cm³/mol. The third-order valence-electron chi connectivity index (χ3n) is 6.33. The van der Waals surface area contributed by atoms with Crippen molar-refractivity contribution in [2.75, 3.05) is 63.1 Å². The first-order valence-corrected chi connectivity index (χ1v) is 12.1. The average Bonchev–Trinajstić information content (AvgIpc) is 2.86. The molecule has 2 aliphatic heterocycles. The SMILES string of the molecule is COc1ccccc1NC(=O)CC1C(=O)NCCN1C(=O)CN1CCN(c2ccc(Cl)cc2)CC1. The lowest BCUT2D eigenvalue weighted by atomic mass is 10.1. The topological polar surface area (TPSA) is 94.2 Å². The number of nitrogens with zero attached hydrogens (tertiary/aromatic N) is 3. The summed E-state index contributed by atoms with van der Waals surface area (Å²) in [6, 6.07) is 14.0. The van der Waals surface area contributed by atoms with Crippen LogP contribution in [0.4, 0.5) is 11.4 Å². The van der Waals surface area contributed by atoms with Crippen molar-refractivity contribution in [1.82, 2.24) is 15.1 Å². The minimum Gasteiger partial charge on any atom is -0.495 e. The van der Waals surface area contributed by atoms with Crippen LogP contribution in [0.1, 0.15) is 6.42 Å². The van der Waals surface area contributed by atoms with Crippen LogP contribution >= 0.6 is 11.6 Å². The van der Waals surface area contributed by atoms with Gasteiger partial charge >= 0.3 is 0 Å². The van der Waals surface area contributed by atoms with Crippen LogP contribution in [0.3, 0.4) is 0 Å². The molecule has 0 aromatic heterocycles. The van der Waals surface area contributed by atoms with Crippen LogP contribution in [-0.4, -0.2) is 86.5 Å². The summed E-state index contributed by atoms with van der Waals surface area (Å²) in [5, 5.41) is 6.26. The molecule has 2 aromatic carbocycles. The highest BCUT2D eigenvalue weighted by atomic mass is 35.5. The van der Waals surface area contributed by atoms with E-state index in [1.165, 1.54) is 12.0 Å². The summed E-state index contributed by atoms with van der Waals surface area (Å²) >= 11 is 5.98. The number of rotatable bonds is 7. The van der Waals surface area contributed by atoms with Gasteiger partial charge in [0.2, 0.25) is 17.7 Å². The van der Waals surface area contributed by atoms with E-state index in [9.17, 15) is 14.4 Å². The predicted octanol–water partition coefficient (Wildman–Crippen LogP) is 1.83. The van der Waals surface area contributed by atoms with E-state index in [0.29, 0.717) is 29.5 Å². The third kappa shape index (κ3) is 6.23. The van der Waals surface area contributed by atoms with Gasteiger partial charge in [-0.05, 0) is 36.4 Å². The zero-order valence-corrected chi connectivity index (χ0v) is 20.5. The van der Waals surface area contributed by atoms with Crippen molar-refractivity contribution in [3.63, 3.8) is 0 Å². The summed E-state index contributed by atoms with van der Waals surface area (Å²) in [7, 11) is 1.52. The molecular formula is C25H30ClN5O4. The molecule has 0 aliphatic carbocycles. The molecule has 2 fully saturated rings. The lowest BCUT2D eigenvalue weighted by Gasteiger charge is -2.39. The zero-order chi connectivity index (χ0) is 24.8. The fourth-order valence-electron chi connectivity index (χ4n) is 4.44. The van der Waals surface area contributed by atoms with Crippen molar-refractivity contribution in [3.05, 3.63) is 53.6 Å². The lowest BCUT2D eigenvalue weighted by molar-refractivity contribution is -0.145. The normalized spacial score (nSPS) is 18.7. The second-order valence-corrected chi connectivity index (χ2v) is 9.02. The molecule has 0 saturated carbocycles. The maximum absolute atomic E-state index is 13.2. The number of anilines is 2. The van der Waals surface area contributed by atoms with Crippen LogP contribution in [0.25, 0.3) is 0 Å². The first kappa shape index (κ1) is 24.8. The average molecular weight is 500 g/mol. The number of carbonyl (C=O) groups is 3. The largest absolute Gasteiger partial charge is 0.495 e. The molecule has 1 unspecified atom stereocenters. The molecule has 2 heterocycles. The Morgan fingerprint density at radius 3 is 2.49 bits per heavy atom. The van der Waals surface area contributed by atoms with E-state index < -0.39 is 6.04 Å². The molecule has 10 heteroatoms. The van der Waals surface area contributed by atoms with Crippen molar-refractivity contribution in [2.45, 2.75) is 12.5 Å². The van der Waals surface area contributed by atoms with Crippen molar-refractivity contribution in [2.24, 2.45) is 0 Å². The number of para-hydroxylation sites is 2. The molecule has 0 bridgehead atoms. The second kappa shape index (κ2) is 11.4. The number of piperazine rings is 2. The van der Waals surface area contributed by atoms with E-state index in [0.717, 1.165) is 31.9 Å². The quantitative estimate of drug-likeness (QED) is 0.603. The van der Waals surface area contributed by atoms with Gasteiger partial charge in [0.05, 0.1) is 25.8 Å². The number of ether oxygens (including phenoxy) is 1. The van der Waals surface area contributed by atoms with Crippen LogP contribution in [0, 0.1) is 0 Å². The Morgan fingerprint density at radius 1 is 1.06 bits per heavy atom. The first-order valence-electron chi connectivity index (χ1n) is 11.7. The summed E-state index contributed by atoms with van der Waals surface area (Å²) in [6.07, 6.45) is -0.125. The molecule has 2 N–H and O–H groups in total. The van der Waals surface area contributed by atoms with E-state index in [2.05, 4.69) is 20.4 Å². The fraction of sp³-hybridized carbons (Fsp3) is 0.400. The number of halogens is 1. The van der Waals surface area contributed by atoms with E-state index in [1.54, 1.807) is 24.3 Å². The maximum Gasteiger partial charge on any atom is 0.243 e. The van der Waals surface area contributed by atoms with Crippen LogP contribution in [0.5, 0.6) is 5.75 Å². The molecule has 186 valence electrons. The molecule has 2 aliphatic rings. The molecule has 3 amide bonds. The molecule has 2 saturated heterocycles. The molecule has 35 heavy (non-hydrogen) atoms. The number of amides is 3. The molecule has 2 aromatic rings. The fourth-order valence-corrected chi connectivity index (χ4v) is 4.57. The molecule has 1 atom stereocenters. The van der Waals surface area contributed by atoms with Crippen LogP contribution < -0.4 is 20.3 Å². The van der Waals surface area contributed by atoms with E-state index >= 15 is 0 Å². The summed E-state index contributed by atoms with van der Waals surface area (Å²) in [5.41, 5.74) is 1.63. The number of methoxy groups -OCH3 is 1. The summed E-state index contributed by atoms with van der Waals surface area (Å²) in [5.74, 6) is -0.284. The first-order chi connectivity index (χ1) is 16.9.